The lowest BCUT2D eigenvalue weighted by molar-refractivity contribution is -0.148. The number of nitrogens with one attached hydrogen (secondary N) is 2. The SMILES string of the molecule is O=C(NC1C2CNCC21)C(O)(c1ccccc1)C1CCCCCC1. The molecule has 24 heavy (non-hydrogen) atoms. The van der Waals surface area contributed by atoms with E-state index in [1.165, 1.54) is 12.8 Å². The summed E-state index contributed by atoms with van der Waals surface area (Å²) in [7, 11) is 0. The number of aliphatic hydroxyl groups is 1. The maximum Gasteiger partial charge on any atom is 0.257 e. The molecule has 4 nitrogen and oxygen atoms in total. The first kappa shape index (κ1) is 16.1. The standard InChI is InChI=1S/C20H28N2O2/c23-19(22-18-16-12-21-13-17(16)18)20(24,15-10-6-3-7-11-15)14-8-4-1-2-5-9-14/h3,6-7,10-11,14,16-18,21,24H,1-2,4-5,8-9,12-13H2,(H,22,23). The van der Waals surface area contributed by atoms with Gasteiger partial charge in [-0.1, -0.05) is 56.0 Å². The molecule has 130 valence electrons. The number of carbonyl (C=O) groups excluding carboxylic acids is 1. The predicted octanol–water partition coefficient (Wildman–Crippen LogP) is 2.18. The number of benzene rings is 1. The van der Waals surface area contributed by atoms with Crippen LogP contribution in [0.3, 0.4) is 0 Å². The van der Waals surface area contributed by atoms with E-state index in [-0.39, 0.29) is 17.9 Å². The van der Waals surface area contributed by atoms with Gasteiger partial charge in [0.15, 0.2) is 5.60 Å². The normalized spacial score (nSPS) is 32.5. The molecule has 3 unspecified atom stereocenters. The number of amides is 1. The highest BCUT2D eigenvalue weighted by Gasteiger charge is 2.56. The first-order valence-electron chi connectivity index (χ1n) is 9.51. The molecule has 1 aromatic rings. The molecule has 3 fully saturated rings. The Morgan fingerprint density at radius 1 is 1.04 bits per heavy atom. The van der Waals surface area contributed by atoms with Gasteiger partial charge in [0.25, 0.3) is 5.91 Å². The Bertz CT molecular complexity index is 573. The zero-order valence-corrected chi connectivity index (χ0v) is 14.2. The van der Waals surface area contributed by atoms with Crippen LogP contribution in [0.25, 0.3) is 0 Å². The van der Waals surface area contributed by atoms with Crippen LogP contribution < -0.4 is 10.6 Å². The van der Waals surface area contributed by atoms with Crippen LogP contribution in [-0.4, -0.2) is 30.1 Å². The van der Waals surface area contributed by atoms with E-state index < -0.39 is 5.60 Å². The van der Waals surface area contributed by atoms with Crippen molar-refractivity contribution in [2.45, 2.75) is 50.2 Å². The van der Waals surface area contributed by atoms with Crippen LogP contribution >= 0.6 is 0 Å². The molecular formula is C20H28N2O2. The van der Waals surface area contributed by atoms with Gasteiger partial charge >= 0.3 is 0 Å². The van der Waals surface area contributed by atoms with Gasteiger partial charge in [-0.05, 0) is 30.2 Å². The van der Waals surface area contributed by atoms with Crippen molar-refractivity contribution in [3.8, 4) is 0 Å². The zero-order valence-electron chi connectivity index (χ0n) is 14.2. The third-order valence-corrected chi connectivity index (χ3v) is 6.40. The highest BCUT2D eigenvalue weighted by Crippen LogP contribution is 2.44. The number of fused-ring (bicyclic) bond motifs is 1. The number of hydrogen-bond acceptors (Lipinski definition) is 3. The summed E-state index contributed by atoms with van der Waals surface area (Å²) < 4.78 is 0. The van der Waals surface area contributed by atoms with E-state index in [1.807, 2.05) is 30.3 Å². The molecule has 2 saturated carbocycles. The third kappa shape index (κ3) is 2.76. The highest BCUT2D eigenvalue weighted by molar-refractivity contribution is 5.87. The monoisotopic (exact) mass is 328 g/mol. The summed E-state index contributed by atoms with van der Waals surface area (Å²) >= 11 is 0. The van der Waals surface area contributed by atoms with Gasteiger partial charge in [0.1, 0.15) is 0 Å². The Labute approximate surface area is 144 Å². The van der Waals surface area contributed by atoms with Crippen LogP contribution in [0, 0.1) is 17.8 Å². The summed E-state index contributed by atoms with van der Waals surface area (Å²) in [5.41, 5.74) is -0.644. The minimum atomic E-state index is -1.39. The van der Waals surface area contributed by atoms with Gasteiger partial charge in [0.2, 0.25) is 0 Å². The molecule has 1 amide bonds. The summed E-state index contributed by atoms with van der Waals surface area (Å²) in [6.45, 7) is 1.98. The van der Waals surface area contributed by atoms with Crippen LogP contribution in [0.5, 0.6) is 0 Å². The van der Waals surface area contributed by atoms with E-state index in [0.29, 0.717) is 11.8 Å². The molecule has 1 aromatic carbocycles. The van der Waals surface area contributed by atoms with E-state index in [9.17, 15) is 9.90 Å². The van der Waals surface area contributed by atoms with Crippen LogP contribution in [0.4, 0.5) is 0 Å². The fraction of sp³-hybridized carbons (Fsp3) is 0.650. The maximum absolute atomic E-state index is 13.2. The molecule has 2 aliphatic carbocycles. The van der Waals surface area contributed by atoms with Crippen molar-refractivity contribution >= 4 is 5.91 Å². The van der Waals surface area contributed by atoms with E-state index in [2.05, 4.69) is 10.6 Å². The van der Waals surface area contributed by atoms with Gasteiger partial charge in [0.05, 0.1) is 0 Å². The second-order valence-electron chi connectivity index (χ2n) is 7.81. The minimum Gasteiger partial charge on any atom is -0.375 e. The largest absolute Gasteiger partial charge is 0.375 e. The Balaban J connectivity index is 1.58. The fourth-order valence-corrected chi connectivity index (χ4v) is 4.84. The molecule has 4 rings (SSSR count). The number of rotatable bonds is 4. The number of hydrogen-bond donors (Lipinski definition) is 3. The van der Waals surface area contributed by atoms with Crippen LogP contribution in [0.2, 0.25) is 0 Å². The fourth-order valence-electron chi connectivity index (χ4n) is 4.84. The summed E-state index contributed by atoms with van der Waals surface area (Å²) in [5, 5.41) is 18.2. The van der Waals surface area contributed by atoms with Gasteiger partial charge in [-0.3, -0.25) is 4.79 Å². The highest BCUT2D eigenvalue weighted by atomic mass is 16.3. The molecule has 0 bridgehead atoms. The lowest BCUT2D eigenvalue weighted by atomic mass is 9.76. The van der Waals surface area contributed by atoms with Crippen molar-refractivity contribution in [3.05, 3.63) is 35.9 Å². The molecule has 3 atom stereocenters. The minimum absolute atomic E-state index is 0.0131. The van der Waals surface area contributed by atoms with Crippen LogP contribution in [-0.2, 0) is 10.4 Å². The predicted molar refractivity (Wildman–Crippen MR) is 93.3 cm³/mol. The van der Waals surface area contributed by atoms with Crippen molar-refractivity contribution in [2.75, 3.05) is 13.1 Å². The second kappa shape index (κ2) is 6.49. The Hall–Kier alpha value is -1.39. The molecule has 4 heteroatoms. The Kier molecular flexibility index (Phi) is 4.35. The maximum atomic E-state index is 13.2. The average Bonchev–Trinajstić information content (AvgIpc) is 3.16. The van der Waals surface area contributed by atoms with Crippen molar-refractivity contribution in [2.24, 2.45) is 17.8 Å². The Morgan fingerprint density at radius 2 is 1.67 bits per heavy atom. The second-order valence-corrected chi connectivity index (χ2v) is 7.81. The molecule has 0 radical (unpaired) electrons. The van der Waals surface area contributed by atoms with Gasteiger partial charge in [-0.25, -0.2) is 0 Å². The molecular weight excluding hydrogens is 300 g/mol. The number of piperidine rings is 1. The van der Waals surface area contributed by atoms with Gasteiger partial charge in [-0.2, -0.15) is 0 Å². The zero-order chi connectivity index (χ0) is 16.6. The first-order chi connectivity index (χ1) is 11.7. The van der Waals surface area contributed by atoms with Crippen molar-refractivity contribution < 1.29 is 9.90 Å². The van der Waals surface area contributed by atoms with Crippen molar-refractivity contribution in [1.29, 1.82) is 0 Å². The smallest absolute Gasteiger partial charge is 0.257 e. The van der Waals surface area contributed by atoms with Gasteiger partial charge < -0.3 is 15.7 Å². The molecule has 1 heterocycles. The van der Waals surface area contributed by atoms with Crippen LogP contribution in [0.15, 0.2) is 30.3 Å². The topological polar surface area (TPSA) is 61.4 Å². The molecule has 1 saturated heterocycles. The quantitative estimate of drug-likeness (QED) is 0.743. The lowest BCUT2D eigenvalue weighted by Crippen LogP contribution is -2.51. The van der Waals surface area contributed by atoms with E-state index >= 15 is 0 Å². The molecule has 3 aliphatic rings. The van der Waals surface area contributed by atoms with Gasteiger partial charge in [0, 0.05) is 25.0 Å². The van der Waals surface area contributed by atoms with Crippen molar-refractivity contribution in [1.82, 2.24) is 10.6 Å². The summed E-state index contributed by atoms with van der Waals surface area (Å²) in [5.74, 6) is 0.949. The third-order valence-electron chi connectivity index (χ3n) is 6.40. The summed E-state index contributed by atoms with van der Waals surface area (Å²) in [4.78, 5) is 13.2. The first-order valence-corrected chi connectivity index (χ1v) is 9.51. The number of carbonyl (C=O) groups is 1. The van der Waals surface area contributed by atoms with E-state index in [4.69, 9.17) is 0 Å². The lowest BCUT2D eigenvalue weighted by Gasteiger charge is -2.35. The van der Waals surface area contributed by atoms with Gasteiger partial charge in [-0.15, -0.1) is 0 Å². The molecule has 0 spiro atoms. The van der Waals surface area contributed by atoms with Crippen LogP contribution in [0.1, 0.15) is 44.1 Å². The average molecular weight is 328 g/mol. The van der Waals surface area contributed by atoms with E-state index in [0.717, 1.165) is 44.3 Å². The summed E-state index contributed by atoms with van der Waals surface area (Å²) in [6, 6.07) is 9.82. The Morgan fingerprint density at radius 3 is 2.29 bits per heavy atom. The van der Waals surface area contributed by atoms with E-state index in [1.54, 1.807) is 0 Å². The van der Waals surface area contributed by atoms with Crippen molar-refractivity contribution in [3.63, 3.8) is 0 Å². The molecule has 3 N–H and O–H groups in total. The molecule has 1 aliphatic heterocycles. The summed E-state index contributed by atoms with van der Waals surface area (Å²) in [6.07, 6.45) is 6.48. The molecule has 0 aromatic heterocycles.